The van der Waals surface area contributed by atoms with Crippen LogP contribution in [0.25, 0.3) is 10.2 Å². The summed E-state index contributed by atoms with van der Waals surface area (Å²) < 4.78 is 18.0. The molecule has 5 rings (SSSR count). The molecular formula is C25H28N2O4S. The number of carbonyl (C=O) groups excluding carboxylic acids is 1. The Hall–Kier alpha value is -2.64. The summed E-state index contributed by atoms with van der Waals surface area (Å²) in [6, 6.07) is 12.4. The summed E-state index contributed by atoms with van der Waals surface area (Å²) in [4.78, 5) is 17.8. The number of thiazole rings is 1. The lowest BCUT2D eigenvalue weighted by atomic mass is 9.83. The van der Waals surface area contributed by atoms with E-state index in [2.05, 4.69) is 22.4 Å². The van der Waals surface area contributed by atoms with Gasteiger partial charge < -0.3 is 19.5 Å². The van der Waals surface area contributed by atoms with E-state index >= 15 is 0 Å². The van der Waals surface area contributed by atoms with Crippen LogP contribution < -0.4 is 19.5 Å². The zero-order valence-corrected chi connectivity index (χ0v) is 19.1. The molecule has 2 aliphatic rings. The van der Waals surface area contributed by atoms with E-state index in [0.717, 1.165) is 59.7 Å². The first kappa shape index (κ1) is 21.2. The lowest BCUT2D eigenvalue weighted by molar-refractivity contribution is 0.0879. The van der Waals surface area contributed by atoms with E-state index in [4.69, 9.17) is 14.2 Å². The molecule has 3 aromatic rings. The van der Waals surface area contributed by atoms with E-state index in [1.54, 1.807) is 0 Å². The minimum atomic E-state index is 0.0541. The third kappa shape index (κ3) is 4.45. The molecule has 1 aliphatic heterocycles. The predicted octanol–water partition coefficient (Wildman–Crippen LogP) is 5.00. The molecule has 1 aliphatic carbocycles. The molecule has 0 radical (unpaired) electrons. The first-order valence-corrected chi connectivity index (χ1v) is 12.2. The Morgan fingerprint density at radius 3 is 2.75 bits per heavy atom. The highest BCUT2D eigenvalue weighted by Gasteiger charge is 2.29. The van der Waals surface area contributed by atoms with Crippen molar-refractivity contribution in [2.75, 3.05) is 19.8 Å². The number of hydrogen-bond donors (Lipinski definition) is 1. The van der Waals surface area contributed by atoms with Crippen LogP contribution in [0.1, 0.15) is 48.0 Å². The molecule has 1 saturated carbocycles. The monoisotopic (exact) mass is 452 g/mol. The number of aromatic nitrogens is 1. The fourth-order valence-corrected chi connectivity index (χ4v) is 5.50. The van der Waals surface area contributed by atoms with Crippen molar-refractivity contribution in [3.8, 4) is 17.2 Å². The molecule has 32 heavy (non-hydrogen) atoms. The third-order valence-corrected chi connectivity index (χ3v) is 7.23. The molecule has 0 amide bonds. The summed E-state index contributed by atoms with van der Waals surface area (Å²) in [5.41, 5.74) is 1.99. The molecule has 0 unspecified atom stereocenters. The van der Waals surface area contributed by atoms with Crippen molar-refractivity contribution in [2.45, 2.75) is 45.2 Å². The second-order valence-electron chi connectivity index (χ2n) is 8.33. The summed E-state index contributed by atoms with van der Waals surface area (Å²) in [5, 5.41) is 4.26. The number of ether oxygens (including phenoxy) is 3. The second-order valence-corrected chi connectivity index (χ2v) is 9.36. The topological polar surface area (TPSA) is 69.7 Å². The van der Waals surface area contributed by atoms with E-state index in [1.165, 1.54) is 16.9 Å². The number of nitrogens with one attached hydrogen (secondary N) is 1. The molecule has 6 nitrogen and oxygen atoms in total. The minimum Gasteiger partial charge on any atom is -0.492 e. The van der Waals surface area contributed by atoms with Crippen LogP contribution in [-0.2, 0) is 6.54 Å². The van der Waals surface area contributed by atoms with Crippen LogP contribution >= 0.6 is 11.3 Å². The highest BCUT2D eigenvalue weighted by atomic mass is 32.1. The summed E-state index contributed by atoms with van der Waals surface area (Å²) in [6.45, 7) is 4.54. The van der Waals surface area contributed by atoms with E-state index in [0.29, 0.717) is 30.9 Å². The Balaban J connectivity index is 1.16. The molecule has 0 bridgehead atoms. The maximum absolute atomic E-state index is 13.1. The van der Waals surface area contributed by atoms with Crippen molar-refractivity contribution >= 4 is 27.3 Å². The van der Waals surface area contributed by atoms with Crippen LogP contribution in [0.15, 0.2) is 36.4 Å². The van der Waals surface area contributed by atoms with Gasteiger partial charge in [0.25, 0.3) is 0 Å². The molecule has 7 heteroatoms. The van der Waals surface area contributed by atoms with Crippen LogP contribution in [0.3, 0.4) is 0 Å². The number of benzene rings is 2. The van der Waals surface area contributed by atoms with E-state index in [9.17, 15) is 4.79 Å². The van der Waals surface area contributed by atoms with Gasteiger partial charge in [0, 0.05) is 18.5 Å². The first-order chi connectivity index (χ1) is 15.7. The highest BCUT2D eigenvalue weighted by Crippen LogP contribution is 2.34. The van der Waals surface area contributed by atoms with Crippen LogP contribution in [-0.4, -0.2) is 36.6 Å². The Morgan fingerprint density at radius 2 is 1.94 bits per heavy atom. The van der Waals surface area contributed by atoms with E-state index in [1.807, 2.05) is 31.2 Å². The number of fused-ring (bicyclic) bond motifs is 2. The highest BCUT2D eigenvalue weighted by molar-refractivity contribution is 7.20. The summed E-state index contributed by atoms with van der Waals surface area (Å²) in [7, 11) is 0. The second kappa shape index (κ2) is 9.46. The van der Waals surface area contributed by atoms with Gasteiger partial charge in [0.05, 0.1) is 11.3 Å². The number of nitrogens with zero attached hydrogens (tertiary/aromatic N) is 1. The molecular weight excluding hydrogens is 424 g/mol. The molecule has 168 valence electrons. The molecule has 1 N–H and O–H groups in total. The van der Waals surface area contributed by atoms with Crippen LogP contribution in [0, 0.1) is 5.92 Å². The number of rotatable bonds is 7. The fourth-order valence-electron chi connectivity index (χ4n) is 4.49. The molecule has 0 atom stereocenters. The van der Waals surface area contributed by atoms with Crippen LogP contribution in [0.5, 0.6) is 17.2 Å². The fraction of sp³-hybridized carbons (Fsp3) is 0.440. The average molecular weight is 453 g/mol. The maximum atomic E-state index is 13.1. The Bertz CT molecular complexity index is 1100. The summed E-state index contributed by atoms with van der Waals surface area (Å²) >= 11 is 1.48. The van der Waals surface area contributed by atoms with Crippen molar-refractivity contribution in [1.29, 1.82) is 0 Å². The molecule has 1 aromatic heterocycles. The van der Waals surface area contributed by atoms with Crippen LogP contribution in [0.4, 0.5) is 0 Å². The summed E-state index contributed by atoms with van der Waals surface area (Å²) in [6.07, 6.45) is 3.78. The predicted molar refractivity (Wildman–Crippen MR) is 125 cm³/mol. The van der Waals surface area contributed by atoms with Crippen molar-refractivity contribution in [2.24, 2.45) is 5.92 Å². The number of hydrogen-bond acceptors (Lipinski definition) is 7. The molecule has 2 aromatic carbocycles. The van der Waals surface area contributed by atoms with Gasteiger partial charge in [0.2, 0.25) is 0 Å². The van der Waals surface area contributed by atoms with Crippen molar-refractivity contribution in [1.82, 2.24) is 10.3 Å². The minimum absolute atomic E-state index is 0.0541. The Labute approximate surface area is 191 Å². The number of carbonyl (C=O) groups is 1. The zero-order valence-electron chi connectivity index (χ0n) is 18.3. The van der Waals surface area contributed by atoms with Gasteiger partial charge >= 0.3 is 0 Å². The molecule has 1 fully saturated rings. The van der Waals surface area contributed by atoms with Gasteiger partial charge in [-0.3, -0.25) is 4.79 Å². The average Bonchev–Trinajstić information content (AvgIpc) is 3.28. The number of para-hydroxylation sites is 1. The van der Waals surface area contributed by atoms with Crippen molar-refractivity contribution < 1.29 is 19.0 Å². The SMILES string of the molecule is CCOc1cccc2sc(C(=O)C3CCC(NCc4ccc5c(c4)OCCO5)CC3)nc12. The van der Waals surface area contributed by atoms with Crippen LogP contribution in [0.2, 0.25) is 0 Å². The van der Waals surface area contributed by atoms with Crippen molar-refractivity contribution in [3.63, 3.8) is 0 Å². The third-order valence-electron chi connectivity index (χ3n) is 6.19. The standard InChI is InChI=1S/C25H28N2O4S/c1-2-29-20-4-3-5-22-23(20)27-25(32-22)24(28)17-7-9-18(10-8-17)26-15-16-6-11-19-21(14-16)31-13-12-30-19/h3-6,11,14,17-18,26H,2,7-10,12-13,15H2,1H3. The Kier molecular flexibility index (Phi) is 6.28. The van der Waals surface area contributed by atoms with E-state index in [-0.39, 0.29) is 11.7 Å². The Morgan fingerprint density at radius 1 is 1.12 bits per heavy atom. The lowest BCUT2D eigenvalue weighted by Gasteiger charge is -2.28. The van der Waals surface area contributed by atoms with Gasteiger partial charge in [0.1, 0.15) is 24.5 Å². The number of ketones is 1. The van der Waals surface area contributed by atoms with Gasteiger partial charge in [-0.1, -0.05) is 12.1 Å². The van der Waals surface area contributed by atoms with Gasteiger partial charge in [-0.25, -0.2) is 4.98 Å². The van der Waals surface area contributed by atoms with E-state index < -0.39 is 0 Å². The first-order valence-electron chi connectivity index (χ1n) is 11.4. The molecule has 2 heterocycles. The maximum Gasteiger partial charge on any atom is 0.194 e. The van der Waals surface area contributed by atoms with Crippen molar-refractivity contribution in [3.05, 3.63) is 47.0 Å². The lowest BCUT2D eigenvalue weighted by Crippen LogP contribution is -2.34. The quantitative estimate of drug-likeness (QED) is 0.509. The molecule has 0 saturated heterocycles. The smallest absolute Gasteiger partial charge is 0.194 e. The summed E-state index contributed by atoms with van der Waals surface area (Å²) in [5.74, 6) is 2.64. The van der Waals surface area contributed by atoms with Gasteiger partial charge in [-0.15, -0.1) is 11.3 Å². The molecule has 0 spiro atoms. The number of Topliss-reactive ketones (excluding diaryl/α,β-unsaturated/α-hetero) is 1. The largest absolute Gasteiger partial charge is 0.492 e. The van der Waals surface area contributed by atoms with Gasteiger partial charge in [-0.2, -0.15) is 0 Å². The van der Waals surface area contributed by atoms with Gasteiger partial charge in [0.15, 0.2) is 22.3 Å². The zero-order chi connectivity index (χ0) is 21.9. The normalized spacial score (nSPS) is 20.3. The van der Waals surface area contributed by atoms with Gasteiger partial charge in [-0.05, 0) is 62.4 Å².